The van der Waals surface area contributed by atoms with Crippen molar-refractivity contribution in [2.75, 3.05) is 13.2 Å². The number of rotatable bonds is 4. The van der Waals surface area contributed by atoms with Crippen molar-refractivity contribution >= 4 is 5.91 Å². The van der Waals surface area contributed by atoms with Gasteiger partial charge in [0.25, 0.3) is 0 Å². The number of hydrogen-bond donors (Lipinski definition) is 0. The molecule has 2 aliphatic heterocycles. The highest BCUT2D eigenvalue weighted by Gasteiger charge is 2.46. The molecule has 6 heteroatoms. The summed E-state index contributed by atoms with van der Waals surface area (Å²) >= 11 is 0. The fraction of sp³-hybridized carbons (Fsp3) is 0.286. The number of hydrogen-bond acceptors (Lipinski definition) is 3. The van der Waals surface area contributed by atoms with Crippen molar-refractivity contribution in [2.24, 2.45) is 0 Å². The van der Waals surface area contributed by atoms with Gasteiger partial charge in [0, 0.05) is 31.2 Å². The van der Waals surface area contributed by atoms with Crippen molar-refractivity contribution in [2.45, 2.75) is 38.3 Å². The SMILES string of the molecule is Cc1ccc(-n2nc3c(c2-n2cccc2)CN(C(=O)C2(c4ccccc4)CCOCC2)C3)cc1. The Balaban J connectivity index is 1.38. The molecule has 1 fully saturated rings. The number of aromatic nitrogens is 3. The third kappa shape index (κ3) is 3.37. The van der Waals surface area contributed by atoms with E-state index in [4.69, 9.17) is 9.84 Å². The number of amides is 1. The molecular formula is C28H28N4O2. The minimum atomic E-state index is -0.538. The van der Waals surface area contributed by atoms with Crippen molar-refractivity contribution in [1.82, 2.24) is 19.2 Å². The first-order valence-corrected chi connectivity index (χ1v) is 11.9. The van der Waals surface area contributed by atoms with Gasteiger partial charge < -0.3 is 14.2 Å². The third-order valence-electron chi connectivity index (χ3n) is 7.23. The average Bonchev–Trinajstić information content (AvgIpc) is 3.62. The minimum absolute atomic E-state index is 0.181. The maximum Gasteiger partial charge on any atom is 0.234 e. The van der Waals surface area contributed by atoms with Gasteiger partial charge in [0.2, 0.25) is 5.91 Å². The predicted molar refractivity (Wildman–Crippen MR) is 130 cm³/mol. The van der Waals surface area contributed by atoms with E-state index >= 15 is 0 Å². The predicted octanol–water partition coefficient (Wildman–Crippen LogP) is 4.56. The van der Waals surface area contributed by atoms with Crippen LogP contribution in [0.4, 0.5) is 0 Å². The van der Waals surface area contributed by atoms with Crippen LogP contribution in [0.3, 0.4) is 0 Å². The highest BCUT2D eigenvalue weighted by atomic mass is 16.5. The van der Waals surface area contributed by atoms with E-state index in [1.807, 2.05) is 52.3 Å². The van der Waals surface area contributed by atoms with Gasteiger partial charge in [0.05, 0.1) is 29.9 Å². The Morgan fingerprint density at radius 3 is 2.32 bits per heavy atom. The summed E-state index contributed by atoms with van der Waals surface area (Å²) in [5.41, 5.74) is 4.86. The molecule has 0 radical (unpaired) electrons. The highest BCUT2D eigenvalue weighted by molar-refractivity contribution is 5.89. The molecule has 0 unspecified atom stereocenters. The van der Waals surface area contributed by atoms with Gasteiger partial charge in [-0.25, -0.2) is 4.68 Å². The molecule has 6 rings (SSSR count). The molecule has 0 saturated carbocycles. The van der Waals surface area contributed by atoms with Crippen LogP contribution in [-0.2, 0) is 28.0 Å². The quantitative estimate of drug-likeness (QED) is 0.456. The first-order chi connectivity index (χ1) is 16.7. The zero-order valence-corrected chi connectivity index (χ0v) is 19.4. The van der Waals surface area contributed by atoms with E-state index in [0.717, 1.165) is 28.3 Å². The Morgan fingerprint density at radius 1 is 0.912 bits per heavy atom. The normalized spacial score (nSPS) is 17.0. The summed E-state index contributed by atoms with van der Waals surface area (Å²) in [5.74, 6) is 1.18. The second kappa shape index (κ2) is 8.29. The van der Waals surface area contributed by atoms with Crippen LogP contribution in [0.5, 0.6) is 0 Å². The lowest BCUT2D eigenvalue weighted by Gasteiger charge is -2.39. The van der Waals surface area contributed by atoms with Gasteiger partial charge in [-0.05, 0) is 49.6 Å². The summed E-state index contributed by atoms with van der Waals surface area (Å²) in [7, 11) is 0. The molecule has 2 aromatic heterocycles. The molecular weight excluding hydrogens is 424 g/mol. The summed E-state index contributed by atoms with van der Waals surface area (Å²) in [6.45, 7) is 4.38. The van der Waals surface area contributed by atoms with Crippen LogP contribution in [0.1, 0.15) is 35.2 Å². The number of carbonyl (C=O) groups is 1. The zero-order valence-electron chi connectivity index (χ0n) is 19.4. The lowest BCUT2D eigenvalue weighted by atomic mass is 9.73. The molecule has 2 aliphatic rings. The number of ether oxygens (including phenoxy) is 1. The van der Waals surface area contributed by atoms with Gasteiger partial charge in [-0.15, -0.1) is 0 Å². The molecule has 1 amide bonds. The van der Waals surface area contributed by atoms with Crippen LogP contribution in [0.15, 0.2) is 79.1 Å². The Morgan fingerprint density at radius 2 is 1.62 bits per heavy atom. The van der Waals surface area contributed by atoms with Gasteiger partial charge in [0.15, 0.2) is 0 Å². The van der Waals surface area contributed by atoms with Gasteiger partial charge in [-0.1, -0.05) is 48.0 Å². The molecule has 4 heterocycles. The number of aryl methyl sites for hydroxylation is 1. The maximum absolute atomic E-state index is 14.1. The zero-order chi connectivity index (χ0) is 23.1. The summed E-state index contributed by atoms with van der Waals surface area (Å²) in [5, 5.41) is 5.00. The summed E-state index contributed by atoms with van der Waals surface area (Å²) < 4.78 is 9.76. The van der Waals surface area contributed by atoms with E-state index in [9.17, 15) is 4.79 Å². The monoisotopic (exact) mass is 452 g/mol. The fourth-order valence-electron chi connectivity index (χ4n) is 5.36. The van der Waals surface area contributed by atoms with Gasteiger partial charge >= 0.3 is 0 Å². The number of carbonyl (C=O) groups excluding carboxylic acids is 1. The van der Waals surface area contributed by atoms with Crippen molar-refractivity contribution < 1.29 is 9.53 Å². The first kappa shape index (κ1) is 20.9. The van der Waals surface area contributed by atoms with Crippen LogP contribution in [0, 0.1) is 6.92 Å². The van der Waals surface area contributed by atoms with Crippen molar-refractivity contribution in [3.63, 3.8) is 0 Å². The summed E-state index contributed by atoms with van der Waals surface area (Å²) in [6.07, 6.45) is 5.49. The molecule has 0 aliphatic carbocycles. The van der Waals surface area contributed by atoms with E-state index in [-0.39, 0.29) is 5.91 Å². The maximum atomic E-state index is 14.1. The topological polar surface area (TPSA) is 52.3 Å². The summed E-state index contributed by atoms with van der Waals surface area (Å²) in [6, 6.07) is 22.7. The van der Waals surface area contributed by atoms with Crippen LogP contribution >= 0.6 is 0 Å². The second-order valence-electron chi connectivity index (χ2n) is 9.31. The molecule has 34 heavy (non-hydrogen) atoms. The van der Waals surface area contributed by atoms with Gasteiger partial charge in [-0.3, -0.25) is 4.79 Å². The first-order valence-electron chi connectivity index (χ1n) is 11.9. The molecule has 4 aromatic rings. The molecule has 172 valence electrons. The number of benzene rings is 2. The van der Waals surface area contributed by atoms with Crippen LogP contribution in [-0.4, -0.2) is 38.4 Å². The standard InChI is InChI=1S/C28H28N4O2/c1-21-9-11-23(12-10-21)32-26(30-15-5-6-16-30)24-19-31(20-25(24)29-32)27(33)28(13-17-34-18-14-28)22-7-3-2-4-8-22/h2-12,15-16H,13-14,17-20H2,1H3. The fourth-order valence-corrected chi connectivity index (χ4v) is 5.36. The Bertz CT molecular complexity index is 1300. The van der Waals surface area contributed by atoms with E-state index in [2.05, 4.69) is 47.9 Å². The van der Waals surface area contributed by atoms with E-state index in [1.54, 1.807) is 0 Å². The molecule has 2 aromatic carbocycles. The molecule has 0 atom stereocenters. The smallest absolute Gasteiger partial charge is 0.234 e. The molecule has 0 bridgehead atoms. The molecule has 6 nitrogen and oxygen atoms in total. The molecule has 0 spiro atoms. The van der Waals surface area contributed by atoms with Crippen molar-refractivity contribution in [3.05, 3.63) is 102 Å². The minimum Gasteiger partial charge on any atom is -0.381 e. The highest BCUT2D eigenvalue weighted by Crippen LogP contribution is 2.40. The number of nitrogens with zero attached hydrogens (tertiary/aromatic N) is 4. The van der Waals surface area contributed by atoms with E-state index in [0.29, 0.717) is 39.1 Å². The summed E-state index contributed by atoms with van der Waals surface area (Å²) in [4.78, 5) is 16.1. The average molecular weight is 453 g/mol. The Labute approximate surface area is 199 Å². The Kier molecular flexibility index (Phi) is 5.11. The van der Waals surface area contributed by atoms with E-state index < -0.39 is 5.41 Å². The van der Waals surface area contributed by atoms with Crippen molar-refractivity contribution in [1.29, 1.82) is 0 Å². The lowest BCUT2D eigenvalue weighted by molar-refractivity contribution is -0.142. The Hall–Kier alpha value is -3.64. The third-order valence-corrected chi connectivity index (χ3v) is 7.23. The van der Waals surface area contributed by atoms with Crippen LogP contribution in [0.2, 0.25) is 0 Å². The van der Waals surface area contributed by atoms with Crippen LogP contribution < -0.4 is 0 Å². The van der Waals surface area contributed by atoms with Gasteiger partial charge in [0.1, 0.15) is 5.82 Å². The number of fused-ring (bicyclic) bond motifs is 1. The largest absolute Gasteiger partial charge is 0.381 e. The van der Waals surface area contributed by atoms with Crippen molar-refractivity contribution in [3.8, 4) is 11.5 Å². The second-order valence-corrected chi connectivity index (χ2v) is 9.31. The van der Waals surface area contributed by atoms with Gasteiger partial charge in [-0.2, -0.15) is 5.10 Å². The van der Waals surface area contributed by atoms with Crippen LogP contribution in [0.25, 0.3) is 11.5 Å². The van der Waals surface area contributed by atoms with E-state index in [1.165, 1.54) is 5.56 Å². The lowest BCUT2D eigenvalue weighted by Crippen LogP contribution is -2.48. The molecule has 0 N–H and O–H groups in total. The molecule has 1 saturated heterocycles.